The molecule has 0 saturated heterocycles. The predicted molar refractivity (Wildman–Crippen MR) is 40.6 cm³/mol. The number of rotatable bonds is 6. The zero-order valence-corrected chi connectivity index (χ0v) is 7.36. The fourth-order valence-electron chi connectivity index (χ4n) is 0.584. The van der Waals surface area contributed by atoms with E-state index in [4.69, 9.17) is 0 Å². The van der Waals surface area contributed by atoms with E-state index in [-0.39, 0.29) is 13.3 Å². The lowest BCUT2D eigenvalue weighted by Crippen LogP contribution is -2.03. The van der Waals surface area contributed by atoms with Crippen molar-refractivity contribution in [3.63, 3.8) is 0 Å². The Morgan fingerprint density at radius 3 is 2.36 bits per heavy atom. The zero-order chi connectivity index (χ0) is 8.74. The Kier molecular flexibility index (Phi) is 5.41. The molecule has 0 spiro atoms. The second-order valence-electron chi connectivity index (χ2n) is 2.28. The molecule has 68 valence electrons. The van der Waals surface area contributed by atoms with Crippen LogP contribution in [0.1, 0.15) is 19.3 Å². The highest BCUT2D eigenvalue weighted by molar-refractivity contribution is 7.85. The van der Waals surface area contributed by atoms with Crippen LogP contribution in [-0.4, -0.2) is 28.0 Å². The van der Waals surface area contributed by atoms with Gasteiger partial charge in [0.2, 0.25) is 0 Å². The smallest absolute Gasteiger partial charge is 0.264 e. The fourth-order valence-corrected chi connectivity index (χ4v) is 1.00. The lowest BCUT2D eigenvalue weighted by atomic mass is 10.3. The van der Waals surface area contributed by atoms with Gasteiger partial charge in [0, 0.05) is 0 Å². The van der Waals surface area contributed by atoms with Crippen molar-refractivity contribution in [2.45, 2.75) is 19.3 Å². The van der Waals surface area contributed by atoms with Gasteiger partial charge in [-0.1, -0.05) is 0 Å². The largest absolute Gasteiger partial charge is 0.270 e. The molecule has 0 bridgehead atoms. The topological polar surface area (TPSA) is 43.4 Å². The van der Waals surface area contributed by atoms with E-state index in [1.54, 1.807) is 0 Å². The molecule has 3 nitrogen and oxygen atoms in total. The Morgan fingerprint density at radius 1 is 1.27 bits per heavy atom. The van der Waals surface area contributed by atoms with Crippen LogP contribution in [0.4, 0.5) is 4.39 Å². The Labute approximate surface area is 66.7 Å². The number of hydrogen-bond acceptors (Lipinski definition) is 3. The van der Waals surface area contributed by atoms with E-state index in [0.29, 0.717) is 19.3 Å². The second-order valence-corrected chi connectivity index (χ2v) is 3.92. The van der Waals surface area contributed by atoms with Gasteiger partial charge in [-0.05, 0) is 19.3 Å². The molecular formula is C6H13FO3S. The van der Waals surface area contributed by atoms with Crippen LogP contribution in [-0.2, 0) is 14.3 Å². The third-order valence-electron chi connectivity index (χ3n) is 1.08. The molecule has 11 heavy (non-hydrogen) atoms. The fraction of sp³-hybridized carbons (Fsp3) is 1.00. The lowest BCUT2D eigenvalue weighted by Gasteiger charge is -1.98. The van der Waals surface area contributed by atoms with E-state index in [1.165, 1.54) is 0 Å². The molecule has 0 amide bonds. The standard InChI is InChI=1S/C6H13FO3S/c1-11(8,9)10-6-4-2-3-5-7/h2-6H2,1H3. The molecule has 0 saturated carbocycles. The maximum absolute atomic E-state index is 11.5. The molecule has 0 aromatic rings. The second kappa shape index (κ2) is 5.49. The summed E-state index contributed by atoms with van der Waals surface area (Å²) in [6, 6.07) is 0. The minimum Gasteiger partial charge on any atom is -0.270 e. The van der Waals surface area contributed by atoms with E-state index >= 15 is 0 Å². The first-order chi connectivity index (χ1) is 5.06. The molecule has 0 unspecified atom stereocenters. The minimum atomic E-state index is -3.31. The molecule has 0 aliphatic heterocycles. The minimum absolute atomic E-state index is 0.166. The van der Waals surface area contributed by atoms with Crippen LogP contribution in [0.25, 0.3) is 0 Å². The molecular weight excluding hydrogens is 171 g/mol. The van der Waals surface area contributed by atoms with Crippen LogP contribution in [0, 0.1) is 0 Å². The molecule has 0 N–H and O–H groups in total. The Balaban J connectivity index is 3.16. The number of halogens is 1. The first-order valence-corrected chi connectivity index (χ1v) is 5.28. The number of alkyl halides is 1. The summed E-state index contributed by atoms with van der Waals surface area (Å²) in [4.78, 5) is 0. The van der Waals surface area contributed by atoms with Gasteiger partial charge in [0.15, 0.2) is 0 Å². The Hall–Kier alpha value is -0.160. The van der Waals surface area contributed by atoms with Crippen molar-refractivity contribution in [3.05, 3.63) is 0 Å². The summed E-state index contributed by atoms with van der Waals surface area (Å²) < 4.78 is 36.7. The normalized spacial score (nSPS) is 11.8. The van der Waals surface area contributed by atoms with Crippen LogP contribution in [0.5, 0.6) is 0 Å². The van der Waals surface area contributed by atoms with Crippen molar-refractivity contribution in [3.8, 4) is 0 Å². The van der Waals surface area contributed by atoms with Crippen LogP contribution in [0.2, 0.25) is 0 Å². The van der Waals surface area contributed by atoms with Crippen molar-refractivity contribution in [1.29, 1.82) is 0 Å². The van der Waals surface area contributed by atoms with Crippen molar-refractivity contribution in [1.82, 2.24) is 0 Å². The van der Waals surface area contributed by atoms with Gasteiger partial charge >= 0.3 is 0 Å². The highest BCUT2D eigenvalue weighted by atomic mass is 32.2. The first kappa shape index (κ1) is 10.8. The van der Waals surface area contributed by atoms with Crippen LogP contribution >= 0.6 is 0 Å². The SMILES string of the molecule is CS(=O)(=O)OCCCCCF. The van der Waals surface area contributed by atoms with E-state index in [1.807, 2.05) is 0 Å². The summed E-state index contributed by atoms with van der Waals surface area (Å²) >= 11 is 0. The maximum atomic E-state index is 11.5. The molecule has 0 radical (unpaired) electrons. The average molecular weight is 184 g/mol. The van der Waals surface area contributed by atoms with Gasteiger partial charge in [-0.25, -0.2) is 0 Å². The summed E-state index contributed by atoms with van der Waals surface area (Å²) in [5.74, 6) is 0. The molecule has 0 aromatic heterocycles. The maximum Gasteiger partial charge on any atom is 0.264 e. The third-order valence-corrected chi connectivity index (χ3v) is 1.67. The molecule has 0 heterocycles. The average Bonchev–Trinajstić information content (AvgIpc) is 1.85. The van der Waals surface area contributed by atoms with Gasteiger partial charge in [-0.2, -0.15) is 8.42 Å². The van der Waals surface area contributed by atoms with Crippen LogP contribution < -0.4 is 0 Å². The number of unbranched alkanes of at least 4 members (excludes halogenated alkanes) is 2. The Morgan fingerprint density at radius 2 is 1.91 bits per heavy atom. The molecule has 0 aliphatic rings. The van der Waals surface area contributed by atoms with Crippen molar-refractivity contribution in [2.24, 2.45) is 0 Å². The van der Waals surface area contributed by atoms with Gasteiger partial charge in [-0.15, -0.1) is 0 Å². The van der Waals surface area contributed by atoms with Crippen molar-refractivity contribution >= 4 is 10.1 Å². The molecule has 5 heteroatoms. The highest BCUT2D eigenvalue weighted by Gasteiger charge is 1.99. The predicted octanol–water partition coefficient (Wildman–Crippen LogP) is 1.10. The van der Waals surface area contributed by atoms with E-state index in [9.17, 15) is 12.8 Å². The quantitative estimate of drug-likeness (QED) is 0.458. The van der Waals surface area contributed by atoms with E-state index in [0.717, 1.165) is 6.26 Å². The van der Waals surface area contributed by atoms with Crippen LogP contribution in [0.15, 0.2) is 0 Å². The molecule has 0 fully saturated rings. The summed E-state index contributed by atoms with van der Waals surface area (Å²) in [7, 11) is -3.31. The third kappa shape index (κ3) is 9.84. The summed E-state index contributed by atoms with van der Waals surface area (Å²) in [6.45, 7) is -0.183. The highest BCUT2D eigenvalue weighted by Crippen LogP contribution is 1.97. The lowest BCUT2D eigenvalue weighted by molar-refractivity contribution is 0.307. The number of hydrogen-bond donors (Lipinski definition) is 0. The zero-order valence-electron chi connectivity index (χ0n) is 6.55. The van der Waals surface area contributed by atoms with Crippen molar-refractivity contribution < 1.29 is 17.0 Å². The monoisotopic (exact) mass is 184 g/mol. The van der Waals surface area contributed by atoms with Crippen LogP contribution in [0.3, 0.4) is 0 Å². The van der Waals surface area contributed by atoms with Gasteiger partial charge < -0.3 is 0 Å². The molecule has 0 aromatic carbocycles. The Bertz CT molecular complexity index is 176. The summed E-state index contributed by atoms with van der Waals surface area (Å²) in [5, 5.41) is 0. The van der Waals surface area contributed by atoms with Crippen molar-refractivity contribution in [2.75, 3.05) is 19.5 Å². The molecule has 0 aliphatic carbocycles. The molecule has 0 rings (SSSR count). The summed E-state index contributed by atoms with van der Waals surface area (Å²) in [6.07, 6.45) is 2.75. The van der Waals surface area contributed by atoms with Gasteiger partial charge in [-0.3, -0.25) is 8.57 Å². The van der Waals surface area contributed by atoms with Gasteiger partial charge in [0.1, 0.15) is 0 Å². The van der Waals surface area contributed by atoms with Gasteiger partial charge in [0.25, 0.3) is 10.1 Å². The van der Waals surface area contributed by atoms with E-state index in [2.05, 4.69) is 4.18 Å². The van der Waals surface area contributed by atoms with Gasteiger partial charge in [0.05, 0.1) is 19.5 Å². The van der Waals surface area contributed by atoms with E-state index < -0.39 is 10.1 Å². The molecule has 0 atom stereocenters. The summed E-state index contributed by atoms with van der Waals surface area (Å²) in [5.41, 5.74) is 0. The first-order valence-electron chi connectivity index (χ1n) is 3.46.